The lowest BCUT2D eigenvalue weighted by atomic mass is 10.2. The summed E-state index contributed by atoms with van der Waals surface area (Å²) in [7, 11) is 0. The van der Waals surface area contributed by atoms with Gasteiger partial charge >= 0.3 is 0 Å². The third-order valence-electron chi connectivity index (χ3n) is 4.34. The van der Waals surface area contributed by atoms with Crippen molar-refractivity contribution in [3.63, 3.8) is 0 Å². The van der Waals surface area contributed by atoms with E-state index in [2.05, 4.69) is 38.5 Å². The van der Waals surface area contributed by atoms with Crippen LogP contribution in [0.2, 0.25) is 0 Å². The first kappa shape index (κ1) is 18.4. The fraction of sp³-hybridized carbons (Fsp3) is 0.300. The van der Waals surface area contributed by atoms with E-state index in [-0.39, 0.29) is 6.10 Å². The van der Waals surface area contributed by atoms with Crippen molar-refractivity contribution in [2.75, 3.05) is 13.2 Å². The van der Waals surface area contributed by atoms with Gasteiger partial charge in [-0.25, -0.2) is 4.68 Å². The summed E-state index contributed by atoms with van der Waals surface area (Å²) in [5, 5.41) is 6.74. The van der Waals surface area contributed by atoms with Crippen LogP contribution in [0, 0.1) is 6.92 Å². The second-order valence-corrected chi connectivity index (χ2v) is 8.14. The fourth-order valence-corrected chi connectivity index (χ4v) is 4.06. The molecule has 0 N–H and O–H groups in total. The zero-order valence-corrected chi connectivity index (χ0v) is 17.4. The van der Waals surface area contributed by atoms with E-state index in [1.807, 2.05) is 35.9 Å². The van der Waals surface area contributed by atoms with Crippen LogP contribution in [0.5, 0.6) is 0 Å². The number of halogens is 1. The minimum Gasteiger partial charge on any atom is -0.460 e. The normalized spacial score (nSPS) is 18.0. The van der Waals surface area contributed by atoms with Gasteiger partial charge in [-0.15, -0.1) is 11.3 Å². The van der Waals surface area contributed by atoms with Crippen molar-refractivity contribution in [3.05, 3.63) is 62.6 Å². The molecule has 0 aliphatic carbocycles. The molecule has 27 heavy (non-hydrogen) atoms. The number of nitrogens with zero attached hydrogens (tertiary/aromatic N) is 3. The molecule has 0 amide bonds. The Morgan fingerprint density at radius 2 is 2.11 bits per heavy atom. The maximum atomic E-state index is 5.69. The lowest BCUT2D eigenvalue weighted by Gasteiger charge is -2.05. The highest BCUT2D eigenvalue weighted by Crippen LogP contribution is 2.22. The number of aryl methyl sites for hydroxylation is 1. The predicted octanol–water partition coefficient (Wildman–Crippen LogP) is 4.84. The van der Waals surface area contributed by atoms with Gasteiger partial charge in [0, 0.05) is 22.0 Å². The first-order valence-corrected chi connectivity index (χ1v) is 10.6. The van der Waals surface area contributed by atoms with Crippen LogP contribution < -0.4 is 4.80 Å². The van der Waals surface area contributed by atoms with Crippen LogP contribution in [-0.4, -0.2) is 30.1 Å². The van der Waals surface area contributed by atoms with Gasteiger partial charge in [0.05, 0.1) is 24.6 Å². The summed E-state index contributed by atoms with van der Waals surface area (Å²) >= 11 is 5.07. The summed E-state index contributed by atoms with van der Waals surface area (Å²) in [6, 6.07) is 12.0. The highest BCUT2D eigenvalue weighted by Gasteiger charge is 2.15. The van der Waals surface area contributed by atoms with Crippen molar-refractivity contribution >= 4 is 33.5 Å². The van der Waals surface area contributed by atoms with E-state index < -0.39 is 0 Å². The van der Waals surface area contributed by atoms with Crippen molar-refractivity contribution in [1.82, 2.24) is 4.68 Å². The Morgan fingerprint density at radius 3 is 2.81 bits per heavy atom. The minimum absolute atomic E-state index is 0.216. The topological polar surface area (TPSA) is 52.0 Å². The highest BCUT2D eigenvalue weighted by molar-refractivity contribution is 9.10. The molecule has 0 radical (unpaired) electrons. The Hall–Kier alpha value is -1.96. The smallest absolute Gasteiger partial charge is 0.206 e. The fourth-order valence-electron chi connectivity index (χ4n) is 2.94. The molecule has 1 aliphatic rings. The molecule has 1 aliphatic heterocycles. The summed E-state index contributed by atoms with van der Waals surface area (Å²) in [6.45, 7) is 3.42. The Morgan fingerprint density at radius 1 is 1.26 bits per heavy atom. The van der Waals surface area contributed by atoms with Gasteiger partial charge in [0.2, 0.25) is 4.80 Å². The number of furan rings is 1. The first-order valence-electron chi connectivity index (χ1n) is 8.88. The summed E-state index contributed by atoms with van der Waals surface area (Å²) in [5.74, 6) is 1.58. The quantitative estimate of drug-likeness (QED) is 0.527. The average Bonchev–Trinajstić information content (AvgIpc) is 3.40. The third-order valence-corrected chi connectivity index (χ3v) is 5.72. The molecule has 0 bridgehead atoms. The molecule has 1 fully saturated rings. The van der Waals surface area contributed by atoms with E-state index in [0.717, 1.165) is 51.5 Å². The van der Waals surface area contributed by atoms with Gasteiger partial charge in [0.1, 0.15) is 11.5 Å². The van der Waals surface area contributed by atoms with Crippen molar-refractivity contribution in [1.29, 1.82) is 0 Å². The molecular formula is C20H20BrN3O2S. The second-order valence-electron chi connectivity index (χ2n) is 6.39. The monoisotopic (exact) mass is 445 g/mol. The maximum absolute atomic E-state index is 5.69. The molecule has 5 nitrogen and oxygen atoms in total. The van der Waals surface area contributed by atoms with E-state index in [4.69, 9.17) is 14.1 Å². The SMILES string of the molecule is Cc1ccc(/C=N/n2c(-c3ccc(Br)cc3)csc2=NCC2CCCO2)o1. The molecule has 1 unspecified atom stereocenters. The van der Waals surface area contributed by atoms with Crippen LogP contribution >= 0.6 is 27.3 Å². The highest BCUT2D eigenvalue weighted by atomic mass is 79.9. The number of aromatic nitrogens is 1. The van der Waals surface area contributed by atoms with Gasteiger partial charge in [0.25, 0.3) is 0 Å². The van der Waals surface area contributed by atoms with E-state index in [9.17, 15) is 0 Å². The molecule has 2 aromatic heterocycles. The number of benzene rings is 1. The van der Waals surface area contributed by atoms with E-state index in [1.54, 1.807) is 17.6 Å². The Bertz CT molecular complexity index is 995. The van der Waals surface area contributed by atoms with Crippen molar-refractivity contribution < 1.29 is 9.15 Å². The molecule has 0 saturated carbocycles. The number of rotatable bonds is 5. The number of hydrogen-bond acceptors (Lipinski definition) is 5. The summed E-state index contributed by atoms with van der Waals surface area (Å²) in [5.41, 5.74) is 2.08. The summed E-state index contributed by atoms with van der Waals surface area (Å²) in [4.78, 5) is 5.62. The Balaban J connectivity index is 1.71. The molecule has 140 valence electrons. The minimum atomic E-state index is 0.216. The average molecular weight is 446 g/mol. The zero-order valence-electron chi connectivity index (χ0n) is 15.0. The van der Waals surface area contributed by atoms with Gasteiger partial charge in [-0.3, -0.25) is 4.99 Å². The van der Waals surface area contributed by atoms with Gasteiger partial charge in [-0.1, -0.05) is 28.1 Å². The van der Waals surface area contributed by atoms with E-state index in [0.29, 0.717) is 6.54 Å². The predicted molar refractivity (Wildman–Crippen MR) is 111 cm³/mol. The molecule has 1 saturated heterocycles. The molecule has 1 atom stereocenters. The van der Waals surface area contributed by atoms with Crippen LogP contribution in [0.25, 0.3) is 11.3 Å². The van der Waals surface area contributed by atoms with Crippen LogP contribution in [-0.2, 0) is 4.74 Å². The van der Waals surface area contributed by atoms with Crippen LogP contribution in [0.1, 0.15) is 24.4 Å². The van der Waals surface area contributed by atoms with Crippen LogP contribution in [0.3, 0.4) is 0 Å². The molecule has 3 aromatic rings. The molecule has 4 rings (SSSR count). The van der Waals surface area contributed by atoms with Gasteiger partial charge in [-0.2, -0.15) is 5.10 Å². The standard InChI is InChI=1S/C20H20BrN3O2S/c1-14-4-9-18(26-14)12-23-24-19(15-5-7-16(21)8-6-15)13-27-20(24)22-11-17-3-2-10-25-17/h4-9,12-13,17H,2-3,10-11H2,1H3/b22-20?,23-12+. The maximum Gasteiger partial charge on any atom is 0.206 e. The molecular weight excluding hydrogens is 426 g/mol. The van der Waals surface area contributed by atoms with Crippen molar-refractivity contribution in [2.45, 2.75) is 25.9 Å². The van der Waals surface area contributed by atoms with Crippen LogP contribution in [0.4, 0.5) is 0 Å². The van der Waals surface area contributed by atoms with Gasteiger partial charge in [0.15, 0.2) is 0 Å². The van der Waals surface area contributed by atoms with Gasteiger partial charge < -0.3 is 9.15 Å². The van der Waals surface area contributed by atoms with E-state index in [1.165, 1.54) is 0 Å². The summed E-state index contributed by atoms with van der Waals surface area (Å²) < 4.78 is 14.2. The first-order chi connectivity index (χ1) is 13.2. The third kappa shape index (κ3) is 4.48. The molecule has 3 heterocycles. The lowest BCUT2D eigenvalue weighted by molar-refractivity contribution is 0.117. The van der Waals surface area contributed by atoms with Gasteiger partial charge in [-0.05, 0) is 44.0 Å². The van der Waals surface area contributed by atoms with Crippen molar-refractivity contribution in [3.8, 4) is 11.3 Å². The summed E-state index contributed by atoms with van der Waals surface area (Å²) in [6.07, 6.45) is 4.13. The second kappa shape index (κ2) is 8.37. The largest absolute Gasteiger partial charge is 0.460 e. The molecule has 1 aromatic carbocycles. The number of hydrogen-bond donors (Lipinski definition) is 0. The Labute approximate surface area is 170 Å². The molecule has 0 spiro atoms. The zero-order chi connectivity index (χ0) is 18.6. The number of ether oxygens (including phenoxy) is 1. The van der Waals surface area contributed by atoms with Crippen LogP contribution in [0.15, 0.2) is 60.8 Å². The lowest BCUT2D eigenvalue weighted by Crippen LogP contribution is -2.17. The number of thiazole rings is 1. The Kier molecular flexibility index (Phi) is 5.71. The van der Waals surface area contributed by atoms with Crippen molar-refractivity contribution in [2.24, 2.45) is 10.1 Å². The van der Waals surface area contributed by atoms with E-state index >= 15 is 0 Å². The molecule has 7 heteroatoms.